The largest absolute Gasteiger partial charge is 0.476 e. The molecule has 0 fully saturated rings. The molecule has 0 aliphatic heterocycles. The fraction of sp³-hybridized carbons (Fsp3) is 0.714. The Morgan fingerprint density at radius 3 is 2.27 bits per heavy atom. The van der Waals surface area contributed by atoms with Crippen molar-refractivity contribution in [2.24, 2.45) is 0 Å². The number of thiocarbonyl (C=S) groups is 1. The molecule has 0 aromatic carbocycles. The predicted molar refractivity (Wildman–Crippen MR) is 57.6 cm³/mol. The first kappa shape index (κ1) is 14.8. The van der Waals surface area contributed by atoms with Crippen LogP contribution in [0.1, 0.15) is 0 Å². The van der Waals surface area contributed by atoms with Crippen LogP contribution >= 0.6 is 24.8 Å². The summed E-state index contributed by atoms with van der Waals surface area (Å²) in [7, 11) is 0. The highest BCUT2D eigenvalue weighted by molar-refractivity contribution is 8.10. The number of rotatable bonds is 6. The summed E-state index contributed by atoms with van der Waals surface area (Å²) in [5.74, 6) is 0. The Kier molecular flexibility index (Phi) is 6.98. The molecule has 0 heterocycles. The van der Waals surface area contributed by atoms with E-state index in [-0.39, 0.29) is 10.7 Å². The van der Waals surface area contributed by atoms with Gasteiger partial charge < -0.3 is 30.0 Å². The quantitative estimate of drug-likeness (QED) is 0.210. The van der Waals surface area contributed by atoms with Crippen LogP contribution in [0.2, 0.25) is 0 Å². The van der Waals surface area contributed by atoms with E-state index in [0.717, 1.165) is 0 Å². The van der Waals surface area contributed by atoms with Crippen molar-refractivity contribution in [1.29, 1.82) is 0 Å². The van der Waals surface area contributed by atoms with Gasteiger partial charge in [-0.1, -0.05) is 12.6 Å². The number of thiol groups is 1. The molecule has 0 unspecified atom stereocenters. The lowest BCUT2D eigenvalue weighted by Gasteiger charge is -2.23. The van der Waals surface area contributed by atoms with Crippen molar-refractivity contribution in [3.63, 3.8) is 0 Å². The van der Waals surface area contributed by atoms with Crippen LogP contribution < -0.4 is 0 Å². The molecule has 0 bridgehead atoms. The molecule has 6 nitrogen and oxygen atoms in total. The van der Waals surface area contributed by atoms with Crippen LogP contribution in [0.15, 0.2) is 0 Å². The van der Waals surface area contributed by atoms with Crippen molar-refractivity contribution in [2.75, 3.05) is 6.61 Å². The van der Waals surface area contributed by atoms with Crippen LogP contribution in [-0.4, -0.2) is 62.1 Å². The summed E-state index contributed by atoms with van der Waals surface area (Å²) in [6.45, 7) is -0.397. The summed E-state index contributed by atoms with van der Waals surface area (Å²) in [5, 5.41) is 36.4. The van der Waals surface area contributed by atoms with Crippen molar-refractivity contribution in [1.82, 2.24) is 0 Å². The van der Waals surface area contributed by atoms with Gasteiger partial charge in [0.1, 0.15) is 31.0 Å². The fourth-order valence-corrected chi connectivity index (χ4v) is 0.908. The fourth-order valence-electron chi connectivity index (χ4n) is 0.765. The van der Waals surface area contributed by atoms with E-state index in [0.29, 0.717) is 0 Å². The summed E-state index contributed by atoms with van der Waals surface area (Å²) < 4.78 is 4.46. The average molecular weight is 256 g/mol. The molecular formula is C7H12O6S2. The summed E-state index contributed by atoms with van der Waals surface area (Å²) >= 11 is 8.02. The van der Waals surface area contributed by atoms with Crippen LogP contribution in [0.4, 0.5) is 0 Å². The van der Waals surface area contributed by atoms with Gasteiger partial charge in [-0.05, 0) is 12.2 Å². The Morgan fingerprint density at radius 2 is 1.87 bits per heavy atom. The Balaban J connectivity index is 4.11. The lowest BCUT2D eigenvalue weighted by Crippen LogP contribution is -2.46. The van der Waals surface area contributed by atoms with Crippen molar-refractivity contribution >= 4 is 35.5 Å². The number of aldehydes is 1. The zero-order valence-corrected chi connectivity index (χ0v) is 9.27. The zero-order valence-electron chi connectivity index (χ0n) is 7.55. The van der Waals surface area contributed by atoms with Crippen molar-refractivity contribution in [2.45, 2.75) is 24.4 Å². The number of aliphatic hydroxyl groups excluding tert-OH is 4. The van der Waals surface area contributed by atoms with E-state index in [1.165, 1.54) is 0 Å². The summed E-state index contributed by atoms with van der Waals surface area (Å²) in [6.07, 6.45) is -6.70. The Labute approximate surface area is 96.9 Å². The average Bonchev–Trinajstić information content (AvgIpc) is 2.22. The maximum Gasteiger partial charge on any atom is 0.216 e. The molecule has 0 radical (unpaired) electrons. The monoisotopic (exact) mass is 256 g/mol. The molecule has 0 aromatic rings. The Bertz CT molecular complexity index is 224. The normalized spacial score (nSPS) is 18.7. The van der Waals surface area contributed by atoms with Crippen LogP contribution in [-0.2, 0) is 9.53 Å². The molecule has 0 amide bonds. The van der Waals surface area contributed by atoms with Gasteiger partial charge in [-0.15, -0.1) is 0 Å². The minimum atomic E-state index is -1.78. The predicted octanol–water partition coefficient (Wildman–Crippen LogP) is -2.14. The first-order valence-electron chi connectivity index (χ1n) is 3.93. The molecule has 0 aliphatic rings. The topological polar surface area (TPSA) is 107 Å². The smallest absolute Gasteiger partial charge is 0.216 e. The molecule has 0 saturated carbocycles. The van der Waals surface area contributed by atoms with Crippen molar-refractivity contribution < 1.29 is 30.0 Å². The van der Waals surface area contributed by atoms with E-state index in [1.54, 1.807) is 0 Å². The van der Waals surface area contributed by atoms with Crippen molar-refractivity contribution in [3.05, 3.63) is 0 Å². The molecule has 8 heteroatoms. The van der Waals surface area contributed by atoms with E-state index < -0.39 is 31.0 Å². The van der Waals surface area contributed by atoms with Gasteiger partial charge in [-0.3, -0.25) is 0 Å². The van der Waals surface area contributed by atoms with E-state index in [4.69, 9.17) is 10.2 Å². The first-order valence-corrected chi connectivity index (χ1v) is 4.79. The van der Waals surface area contributed by atoms with Gasteiger partial charge in [0.05, 0.1) is 0 Å². The number of carbonyl (C=O) groups excluding carboxylic acids is 1. The maximum atomic E-state index is 10.1. The molecule has 4 atom stereocenters. The molecule has 0 rings (SSSR count). The van der Waals surface area contributed by atoms with Gasteiger partial charge in [-0.25, -0.2) is 0 Å². The summed E-state index contributed by atoms with van der Waals surface area (Å²) in [4.78, 5) is 10.1. The lowest BCUT2D eigenvalue weighted by atomic mass is 10.0. The van der Waals surface area contributed by atoms with Crippen LogP contribution in [0.5, 0.6) is 0 Å². The third-order valence-electron chi connectivity index (χ3n) is 1.61. The van der Waals surface area contributed by atoms with Gasteiger partial charge in [0.2, 0.25) is 4.38 Å². The third kappa shape index (κ3) is 5.40. The molecule has 0 aromatic heterocycles. The molecule has 0 saturated heterocycles. The van der Waals surface area contributed by atoms with Crippen molar-refractivity contribution in [3.8, 4) is 0 Å². The molecule has 88 valence electrons. The second-order valence-electron chi connectivity index (χ2n) is 2.75. The Morgan fingerprint density at radius 1 is 1.33 bits per heavy atom. The number of hydrogen-bond acceptors (Lipinski definition) is 7. The zero-order chi connectivity index (χ0) is 12.0. The van der Waals surface area contributed by atoms with E-state index in [9.17, 15) is 15.0 Å². The Hall–Kier alpha value is -0.250. The van der Waals surface area contributed by atoms with Crippen LogP contribution in [0, 0.1) is 0 Å². The number of hydrogen-bond donors (Lipinski definition) is 5. The highest BCUT2D eigenvalue weighted by Crippen LogP contribution is 2.05. The molecular weight excluding hydrogens is 244 g/mol. The first-order chi connectivity index (χ1) is 6.90. The van der Waals surface area contributed by atoms with E-state index >= 15 is 0 Å². The minimum Gasteiger partial charge on any atom is -0.476 e. The van der Waals surface area contributed by atoms with Gasteiger partial charge in [-0.2, -0.15) is 0 Å². The van der Waals surface area contributed by atoms with Gasteiger partial charge in [0.25, 0.3) is 0 Å². The number of carbonyl (C=O) groups is 1. The molecule has 0 aliphatic carbocycles. The highest BCUT2D eigenvalue weighted by atomic mass is 32.1. The van der Waals surface area contributed by atoms with Crippen LogP contribution in [0.3, 0.4) is 0 Å². The summed E-state index contributed by atoms with van der Waals surface area (Å²) in [6, 6.07) is 0. The van der Waals surface area contributed by atoms with Gasteiger partial charge in [0.15, 0.2) is 6.29 Å². The minimum absolute atomic E-state index is 0.0463. The highest BCUT2D eigenvalue weighted by Gasteiger charge is 2.30. The second-order valence-corrected chi connectivity index (χ2v) is 3.83. The lowest BCUT2D eigenvalue weighted by molar-refractivity contribution is -0.135. The number of aliphatic hydroxyl groups is 4. The molecule has 4 N–H and O–H groups in total. The third-order valence-corrected chi connectivity index (χ3v) is 1.86. The molecule has 15 heavy (non-hydrogen) atoms. The van der Waals surface area contributed by atoms with Gasteiger partial charge >= 0.3 is 0 Å². The number of ether oxygens (including phenoxy) is 1. The van der Waals surface area contributed by atoms with E-state index in [2.05, 4.69) is 29.6 Å². The summed E-state index contributed by atoms with van der Waals surface area (Å²) in [5.41, 5.74) is 0. The maximum absolute atomic E-state index is 10.1. The van der Waals surface area contributed by atoms with Gasteiger partial charge in [0, 0.05) is 0 Å². The SMILES string of the molecule is O=C[C@H](O)[C@@H](O)[C@H](O)[C@H](O)COC(=S)S. The standard InChI is InChI=1S/C7H12O6S2/c8-1-3(9)5(11)6(12)4(10)2-13-7(14)15/h1,3-6,9-12H,2H2,(H,14,15)/t3-,4+,5+,6+/m0/s1. The second kappa shape index (κ2) is 7.09. The van der Waals surface area contributed by atoms with E-state index in [1.807, 2.05) is 0 Å². The van der Waals surface area contributed by atoms with Crippen LogP contribution in [0.25, 0.3) is 0 Å². The molecule has 0 spiro atoms.